The molecule has 2 aromatic rings. The van der Waals surface area contributed by atoms with Crippen LogP contribution in [-0.2, 0) is 11.2 Å². The van der Waals surface area contributed by atoms with Gasteiger partial charge in [-0.2, -0.15) is 0 Å². The van der Waals surface area contributed by atoms with Crippen LogP contribution in [0.15, 0.2) is 18.3 Å². The van der Waals surface area contributed by atoms with Gasteiger partial charge in [-0.25, -0.2) is 9.97 Å². The average molecular weight is 286 g/mol. The van der Waals surface area contributed by atoms with Crippen molar-refractivity contribution in [3.05, 3.63) is 24.2 Å². The maximum atomic E-state index is 5.81. The van der Waals surface area contributed by atoms with E-state index in [1.54, 1.807) is 0 Å². The van der Waals surface area contributed by atoms with Gasteiger partial charge in [-0.05, 0) is 51.4 Å². The summed E-state index contributed by atoms with van der Waals surface area (Å²) in [5.41, 5.74) is 2.02. The molecule has 2 aliphatic heterocycles. The molecule has 0 radical (unpaired) electrons. The number of hydrogen-bond acceptors (Lipinski definition) is 4. The topological polar surface area (TPSA) is 43.2 Å². The molecule has 2 atom stereocenters. The highest BCUT2D eigenvalue weighted by Gasteiger charge is 2.29. The maximum Gasteiger partial charge on any atom is 0.161 e. The quantitative estimate of drug-likeness (QED) is 0.869. The molecule has 0 spiro atoms. The molecule has 4 rings (SSSR count). The Labute approximate surface area is 124 Å². The monoisotopic (exact) mass is 286 g/mol. The van der Waals surface area contributed by atoms with Crippen LogP contribution in [0.4, 0.5) is 0 Å². The van der Waals surface area contributed by atoms with Gasteiger partial charge in [-0.3, -0.25) is 9.47 Å². The maximum absolute atomic E-state index is 5.81. The second-order valence-corrected chi connectivity index (χ2v) is 6.19. The van der Waals surface area contributed by atoms with E-state index in [-0.39, 0.29) is 0 Å². The zero-order valence-electron chi connectivity index (χ0n) is 12.5. The Hall–Kier alpha value is -1.46. The lowest BCUT2D eigenvalue weighted by Gasteiger charge is -2.24. The number of aromatic nitrogens is 3. The summed E-state index contributed by atoms with van der Waals surface area (Å²) in [6.45, 7) is 2.04. The zero-order valence-corrected chi connectivity index (χ0v) is 12.5. The van der Waals surface area contributed by atoms with Crippen LogP contribution in [0.5, 0.6) is 0 Å². The number of rotatable bonds is 3. The molecule has 0 N–H and O–H groups in total. The Bertz CT molecular complexity index is 632. The Balaban J connectivity index is 1.76. The average Bonchev–Trinajstić information content (AvgIpc) is 3.19. The number of likely N-dealkylation sites (tertiary alicyclic amines) is 1. The fraction of sp³-hybridized carbons (Fsp3) is 0.625. The normalized spacial score (nSPS) is 26.9. The summed E-state index contributed by atoms with van der Waals surface area (Å²) in [7, 11) is 2.20. The van der Waals surface area contributed by atoms with Crippen molar-refractivity contribution in [2.24, 2.45) is 0 Å². The van der Waals surface area contributed by atoms with Crippen molar-refractivity contribution in [2.75, 3.05) is 20.2 Å². The standard InChI is InChI=1S/C16H22N4O/c1-19-9-3-7-15(19)20-14(11-12-5-4-10-21-12)18-13-6-2-8-17-16(13)20/h2,6,8,12,15H,3-5,7,9-11H2,1H3. The molecule has 2 aliphatic rings. The second-order valence-electron chi connectivity index (χ2n) is 6.19. The van der Waals surface area contributed by atoms with Gasteiger partial charge < -0.3 is 4.74 Å². The van der Waals surface area contributed by atoms with Crippen LogP contribution in [0.3, 0.4) is 0 Å². The predicted octanol–water partition coefficient (Wildman–Crippen LogP) is 2.38. The molecule has 112 valence electrons. The Morgan fingerprint density at radius 2 is 2.29 bits per heavy atom. The smallest absolute Gasteiger partial charge is 0.161 e. The Morgan fingerprint density at radius 3 is 3.05 bits per heavy atom. The fourth-order valence-corrected chi connectivity index (χ4v) is 3.66. The first kappa shape index (κ1) is 13.2. The predicted molar refractivity (Wildman–Crippen MR) is 81.1 cm³/mol. The van der Waals surface area contributed by atoms with Gasteiger partial charge in [0.2, 0.25) is 0 Å². The number of imidazole rings is 1. The van der Waals surface area contributed by atoms with Crippen LogP contribution in [0.25, 0.3) is 11.2 Å². The SMILES string of the molecule is CN1CCCC1n1c(CC2CCCO2)nc2cccnc21. The van der Waals surface area contributed by atoms with Crippen molar-refractivity contribution in [2.45, 2.75) is 44.4 Å². The van der Waals surface area contributed by atoms with Crippen LogP contribution in [0.2, 0.25) is 0 Å². The van der Waals surface area contributed by atoms with Gasteiger partial charge in [0.25, 0.3) is 0 Å². The molecule has 0 aromatic carbocycles. The van der Waals surface area contributed by atoms with Crippen molar-refractivity contribution >= 4 is 11.2 Å². The number of pyridine rings is 1. The van der Waals surface area contributed by atoms with Crippen molar-refractivity contribution in [3.8, 4) is 0 Å². The summed E-state index contributed by atoms with van der Waals surface area (Å²) in [6, 6.07) is 4.03. The van der Waals surface area contributed by atoms with E-state index in [9.17, 15) is 0 Å². The van der Waals surface area contributed by atoms with Gasteiger partial charge >= 0.3 is 0 Å². The van der Waals surface area contributed by atoms with Gasteiger partial charge in [0.15, 0.2) is 5.65 Å². The van der Waals surface area contributed by atoms with E-state index >= 15 is 0 Å². The van der Waals surface area contributed by atoms with Gasteiger partial charge in [0, 0.05) is 19.2 Å². The lowest BCUT2D eigenvalue weighted by Crippen LogP contribution is -2.26. The first-order valence-electron chi connectivity index (χ1n) is 7.96. The van der Waals surface area contributed by atoms with Crippen LogP contribution in [-0.4, -0.2) is 45.7 Å². The molecule has 0 saturated carbocycles. The molecule has 21 heavy (non-hydrogen) atoms. The Kier molecular flexibility index (Phi) is 3.39. The van der Waals surface area contributed by atoms with Crippen molar-refractivity contribution in [1.29, 1.82) is 0 Å². The molecule has 0 aliphatic carbocycles. The van der Waals surface area contributed by atoms with Crippen LogP contribution < -0.4 is 0 Å². The summed E-state index contributed by atoms with van der Waals surface area (Å²) in [5.74, 6) is 1.13. The van der Waals surface area contributed by atoms with Gasteiger partial charge in [0.1, 0.15) is 11.3 Å². The van der Waals surface area contributed by atoms with E-state index in [1.165, 1.54) is 19.3 Å². The minimum Gasteiger partial charge on any atom is -0.378 e. The van der Waals surface area contributed by atoms with E-state index in [0.717, 1.165) is 43.0 Å². The van der Waals surface area contributed by atoms with Crippen molar-refractivity contribution < 1.29 is 4.74 Å². The third kappa shape index (κ3) is 2.34. The lowest BCUT2D eigenvalue weighted by molar-refractivity contribution is 0.107. The minimum absolute atomic E-state index is 0.326. The Morgan fingerprint density at radius 1 is 1.33 bits per heavy atom. The van der Waals surface area contributed by atoms with Gasteiger partial charge in [0.05, 0.1) is 12.3 Å². The summed E-state index contributed by atoms with van der Waals surface area (Å²) < 4.78 is 8.16. The molecule has 0 amide bonds. The largest absolute Gasteiger partial charge is 0.378 e. The third-order valence-corrected chi connectivity index (χ3v) is 4.74. The molecule has 2 saturated heterocycles. The summed E-state index contributed by atoms with van der Waals surface area (Å²) >= 11 is 0. The van der Waals surface area contributed by atoms with E-state index < -0.39 is 0 Å². The fourth-order valence-electron chi connectivity index (χ4n) is 3.66. The van der Waals surface area contributed by atoms with Crippen molar-refractivity contribution in [3.63, 3.8) is 0 Å². The number of fused-ring (bicyclic) bond motifs is 1. The highest BCUT2D eigenvalue weighted by Crippen LogP contribution is 2.31. The molecule has 2 aromatic heterocycles. The molecular weight excluding hydrogens is 264 g/mol. The molecule has 2 unspecified atom stereocenters. The van der Waals surface area contributed by atoms with Gasteiger partial charge in [-0.1, -0.05) is 0 Å². The van der Waals surface area contributed by atoms with Gasteiger partial charge in [-0.15, -0.1) is 0 Å². The van der Waals surface area contributed by atoms with Crippen LogP contribution >= 0.6 is 0 Å². The molecule has 0 bridgehead atoms. The molecular formula is C16H22N4O. The lowest BCUT2D eigenvalue weighted by atomic mass is 10.2. The molecule has 2 fully saturated rings. The summed E-state index contributed by atoms with van der Waals surface area (Å²) in [5, 5.41) is 0. The second kappa shape index (κ2) is 5.39. The summed E-state index contributed by atoms with van der Waals surface area (Å²) in [6.07, 6.45) is 8.23. The number of nitrogens with zero attached hydrogens (tertiary/aromatic N) is 4. The first-order chi connectivity index (χ1) is 10.3. The number of hydrogen-bond donors (Lipinski definition) is 0. The highest BCUT2D eigenvalue weighted by molar-refractivity contribution is 5.71. The molecule has 5 nitrogen and oxygen atoms in total. The minimum atomic E-state index is 0.326. The molecule has 5 heteroatoms. The highest BCUT2D eigenvalue weighted by atomic mass is 16.5. The van der Waals surface area contributed by atoms with Crippen LogP contribution in [0, 0.1) is 0 Å². The van der Waals surface area contributed by atoms with Crippen LogP contribution in [0.1, 0.15) is 37.7 Å². The third-order valence-electron chi connectivity index (χ3n) is 4.74. The zero-order chi connectivity index (χ0) is 14.2. The van der Waals surface area contributed by atoms with Crippen molar-refractivity contribution in [1.82, 2.24) is 19.4 Å². The number of ether oxygens (including phenoxy) is 1. The first-order valence-corrected chi connectivity index (χ1v) is 7.96. The summed E-state index contributed by atoms with van der Waals surface area (Å²) in [4.78, 5) is 11.8. The van der Waals surface area contributed by atoms with E-state index in [1.807, 2.05) is 12.3 Å². The van der Waals surface area contributed by atoms with E-state index in [4.69, 9.17) is 9.72 Å². The van der Waals surface area contributed by atoms with E-state index in [2.05, 4.69) is 27.6 Å². The molecule has 4 heterocycles. The van der Waals surface area contributed by atoms with E-state index in [0.29, 0.717) is 12.3 Å².